The molecule has 52 valence electrons. The third kappa shape index (κ3) is 1.67. The fraction of sp³-hybridized carbons (Fsp3) is 0. The minimum absolute atomic E-state index is 0.0168. The highest BCUT2D eigenvalue weighted by atomic mass is 79.9. The topological polar surface area (TPSA) is 17.1 Å². The highest BCUT2D eigenvalue weighted by molar-refractivity contribution is 9.13. The van der Waals surface area contributed by atoms with Crippen LogP contribution in [0.1, 0.15) is 0 Å². The van der Waals surface area contributed by atoms with Gasteiger partial charge in [-0.25, -0.2) is 0 Å². The first-order chi connectivity index (χ1) is 4.72. The fourth-order valence-corrected chi connectivity index (χ4v) is 1.16. The molecule has 0 fully saturated rings. The van der Waals surface area contributed by atoms with Gasteiger partial charge in [0.2, 0.25) is 0 Å². The molecule has 0 aliphatic heterocycles. The molecule has 0 unspecified atom stereocenters. The number of hydrogen-bond acceptors (Lipinski definition) is 1. The van der Waals surface area contributed by atoms with Crippen molar-refractivity contribution in [1.29, 1.82) is 0 Å². The molecular weight excluding hydrogens is 260 g/mol. The van der Waals surface area contributed by atoms with Crippen LogP contribution in [0.15, 0.2) is 38.0 Å². The van der Waals surface area contributed by atoms with E-state index in [2.05, 4.69) is 31.9 Å². The molecule has 0 N–H and O–H groups in total. The van der Waals surface area contributed by atoms with Gasteiger partial charge < -0.3 is 0 Å². The molecule has 0 atom stereocenters. The van der Waals surface area contributed by atoms with Crippen molar-refractivity contribution in [3.63, 3.8) is 0 Å². The van der Waals surface area contributed by atoms with Crippen LogP contribution < -0.4 is 5.43 Å². The molecule has 1 aromatic carbocycles. The van der Waals surface area contributed by atoms with E-state index in [1.54, 1.807) is 12.1 Å². The van der Waals surface area contributed by atoms with Crippen LogP contribution in [-0.4, -0.2) is 0 Å². The van der Waals surface area contributed by atoms with Crippen molar-refractivity contribution >= 4 is 31.9 Å². The van der Waals surface area contributed by atoms with Gasteiger partial charge in [0.25, 0.3) is 0 Å². The highest BCUT2D eigenvalue weighted by Gasteiger charge is 1.94. The number of rotatable bonds is 0. The van der Waals surface area contributed by atoms with Crippen LogP contribution in [0.3, 0.4) is 0 Å². The molecule has 0 radical (unpaired) electrons. The van der Waals surface area contributed by atoms with Crippen molar-refractivity contribution in [3.8, 4) is 0 Å². The van der Waals surface area contributed by atoms with E-state index in [9.17, 15) is 4.79 Å². The lowest BCUT2D eigenvalue weighted by atomic mass is 10.5. The van der Waals surface area contributed by atoms with Crippen molar-refractivity contribution in [2.24, 2.45) is 0 Å². The molecule has 0 saturated carbocycles. The molecule has 3 heteroatoms. The molecule has 0 aliphatic carbocycles. The van der Waals surface area contributed by atoms with E-state index in [1.807, 2.05) is 6.07 Å². The van der Waals surface area contributed by atoms with Crippen molar-refractivity contribution in [2.75, 3.05) is 0 Å². The van der Waals surface area contributed by atoms with Gasteiger partial charge in [0, 0.05) is 4.47 Å². The Hall–Kier alpha value is -0.150. The van der Waals surface area contributed by atoms with Crippen LogP contribution in [0, 0.1) is 0 Å². The summed E-state index contributed by atoms with van der Waals surface area (Å²) in [4.78, 5) is 11.0. The molecule has 0 amide bonds. The molecule has 0 bridgehead atoms. The van der Waals surface area contributed by atoms with E-state index >= 15 is 0 Å². The van der Waals surface area contributed by atoms with Gasteiger partial charge in [-0.1, -0.05) is 12.1 Å². The molecule has 0 spiro atoms. The Kier molecular flexibility index (Phi) is 2.63. The van der Waals surface area contributed by atoms with E-state index in [1.165, 1.54) is 6.07 Å². The van der Waals surface area contributed by atoms with Gasteiger partial charge in [-0.05, 0) is 44.0 Å². The first kappa shape index (κ1) is 7.95. The summed E-state index contributed by atoms with van der Waals surface area (Å²) in [7, 11) is 0. The smallest absolute Gasteiger partial charge is 0.193 e. The average molecular weight is 264 g/mol. The van der Waals surface area contributed by atoms with E-state index in [0.717, 1.165) is 4.47 Å². The monoisotopic (exact) mass is 262 g/mol. The molecule has 0 saturated heterocycles. The Morgan fingerprint density at radius 3 is 2.40 bits per heavy atom. The summed E-state index contributed by atoms with van der Waals surface area (Å²) in [6.07, 6.45) is 0. The maximum Gasteiger partial charge on any atom is 0.193 e. The molecule has 1 aromatic rings. The zero-order valence-electron chi connectivity index (χ0n) is 4.97. The van der Waals surface area contributed by atoms with Gasteiger partial charge in [0.05, 0.1) is 4.47 Å². The maximum atomic E-state index is 11.0. The SMILES string of the molecule is O=c1ccccc(Br)c1Br. The van der Waals surface area contributed by atoms with Crippen LogP contribution in [0.5, 0.6) is 0 Å². The predicted molar refractivity (Wildman–Crippen MR) is 48.1 cm³/mol. The van der Waals surface area contributed by atoms with Crippen molar-refractivity contribution < 1.29 is 0 Å². The van der Waals surface area contributed by atoms with Gasteiger partial charge in [-0.15, -0.1) is 0 Å². The Labute approximate surface area is 75.3 Å². The van der Waals surface area contributed by atoms with Crippen LogP contribution >= 0.6 is 31.9 Å². The normalized spacial score (nSPS) is 9.40. The third-order valence-electron chi connectivity index (χ3n) is 1.03. The summed E-state index contributed by atoms with van der Waals surface area (Å²) in [6, 6.07) is 6.83. The summed E-state index contributed by atoms with van der Waals surface area (Å²) in [6.45, 7) is 0. The Bertz CT molecular complexity index is 296. The molecule has 1 rings (SSSR count). The summed E-state index contributed by atoms with van der Waals surface area (Å²) in [5, 5.41) is 0. The standard InChI is InChI=1S/C7H4Br2O/c8-5-3-1-2-4-6(10)7(5)9/h1-4H. The first-order valence-electron chi connectivity index (χ1n) is 2.66. The molecule has 10 heavy (non-hydrogen) atoms. The summed E-state index contributed by atoms with van der Waals surface area (Å²) >= 11 is 6.38. The van der Waals surface area contributed by atoms with Gasteiger partial charge in [0.1, 0.15) is 0 Å². The molecular formula is C7H4Br2O. The predicted octanol–water partition coefficient (Wildman–Crippen LogP) is 2.57. The van der Waals surface area contributed by atoms with Gasteiger partial charge in [-0.2, -0.15) is 0 Å². The lowest BCUT2D eigenvalue weighted by Crippen LogP contribution is -1.94. The number of hydrogen-bond donors (Lipinski definition) is 0. The van der Waals surface area contributed by atoms with E-state index in [-0.39, 0.29) is 5.43 Å². The molecule has 1 nitrogen and oxygen atoms in total. The van der Waals surface area contributed by atoms with E-state index in [4.69, 9.17) is 0 Å². The van der Waals surface area contributed by atoms with Gasteiger partial charge in [0.15, 0.2) is 5.43 Å². The fourth-order valence-electron chi connectivity index (χ4n) is 0.547. The Morgan fingerprint density at radius 1 is 1.10 bits per heavy atom. The second-order valence-corrected chi connectivity index (χ2v) is 3.39. The summed E-state index contributed by atoms with van der Waals surface area (Å²) < 4.78 is 1.35. The lowest BCUT2D eigenvalue weighted by Gasteiger charge is -1.82. The van der Waals surface area contributed by atoms with Crippen LogP contribution in [0.25, 0.3) is 0 Å². The van der Waals surface area contributed by atoms with Crippen molar-refractivity contribution in [1.82, 2.24) is 0 Å². The van der Waals surface area contributed by atoms with Gasteiger partial charge >= 0.3 is 0 Å². The highest BCUT2D eigenvalue weighted by Crippen LogP contribution is 2.16. The zero-order valence-corrected chi connectivity index (χ0v) is 8.15. The second-order valence-electron chi connectivity index (χ2n) is 1.74. The first-order valence-corrected chi connectivity index (χ1v) is 4.25. The average Bonchev–Trinajstić information content (AvgIpc) is 2.04. The molecule has 0 heterocycles. The van der Waals surface area contributed by atoms with Crippen molar-refractivity contribution in [2.45, 2.75) is 0 Å². The van der Waals surface area contributed by atoms with Crippen molar-refractivity contribution in [3.05, 3.63) is 43.4 Å². The largest absolute Gasteiger partial charge is 0.289 e. The molecule has 0 aromatic heterocycles. The Morgan fingerprint density at radius 2 is 1.70 bits per heavy atom. The minimum Gasteiger partial charge on any atom is -0.289 e. The summed E-state index contributed by atoms with van der Waals surface area (Å²) in [5.74, 6) is 0. The number of halogens is 2. The van der Waals surface area contributed by atoms with E-state index < -0.39 is 0 Å². The lowest BCUT2D eigenvalue weighted by molar-refractivity contribution is 1.57. The Balaban J connectivity index is 3.53. The van der Waals surface area contributed by atoms with Gasteiger partial charge in [-0.3, -0.25) is 4.79 Å². The van der Waals surface area contributed by atoms with Crippen LogP contribution in [0.4, 0.5) is 0 Å². The second kappa shape index (κ2) is 3.30. The quantitative estimate of drug-likeness (QED) is 0.703. The third-order valence-corrected chi connectivity index (χ3v) is 3.04. The zero-order chi connectivity index (χ0) is 7.56. The van der Waals surface area contributed by atoms with E-state index in [0.29, 0.717) is 4.47 Å². The maximum absolute atomic E-state index is 11.0. The molecule has 0 aliphatic rings. The minimum atomic E-state index is -0.0168. The van der Waals surface area contributed by atoms with Crippen LogP contribution in [0.2, 0.25) is 0 Å². The van der Waals surface area contributed by atoms with Crippen LogP contribution in [-0.2, 0) is 0 Å². The summed E-state index contributed by atoms with van der Waals surface area (Å²) in [5.41, 5.74) is -0.0168.